The van der Waals surface area contributed by atoms with E-state index in [-0.39, 0.29) is 12.7 Å². The Balaban J connectivity index is 1.54. The van der Waals surface area contributed by atoms with Gasteiger partial charge in [0.1, 0.15) is 5.82 Å². The maximum absolute atomic E-state index is 9.14. The molecule has 2 saturated heterocycles. The van der Waals surface area contributed by atoms with E-state index in [2.05, 4.69) is 26.7 Å². The molecule has 2 aliphatic rings. The van der Waals surface area contributed by atoms with E-state index in [4.69, 9.17) is 21.4 Å². The summed E-state index contributed by atoms with van der Waals surface area (Å²) in [7, 11) is 0. The van der Waals surface area contributed by atoms with E-state index < -0.39 is 0 Å². The lowest BCUT2D eigenvalue weighted by molar-refractivity contribution is -0.0567. The minimum atomic E-state index is 0.151. The van der Waals surface area contributed by atoms with Crippen molar-refractivity contribution in [2.45, 2.75) is 38.0 Å². The fourth-order valence-electron chi connectivity index (χ4n) is 4.00. The molecule has 4 rings (SSSR count). The molecule has 0 aliphatic carbocycles. The van der Waals surface area contributed by atoms with Gasteiger partial charge in [0.05, 0.1) is 12.7 Å². The lowest BCUT2D eigenvalue weighted by Crippen LogP contribution is -2.46. The topological polar surface area (TPSA) is 50.5 Å². The van der Waals surface area contributed by atoms with Crippen LogP contribution in [0.25, 0.3) is 11.4 Å². The van der Waals surface area contributed by atoms with Crippen LogP contribution in [0.1, 0.15) is 24.4 Å². The standard InChI is InChI=1S/C19H24ClN3O2/c1-13-2-3-14(8-18(13)20)19-21-5-6-23(19)15-9-16-12-25-17(4-7-24)11-22(16)10-15/h2-3,5-6,8,15-17,24H,4,7,9-12H2,1H3/t15-,16-,17-/m0/s1. The zero-order valence-electron chi connectivity index (χ0n) is 14.4. The Bertz CT molecular complexity index is 748. The molecule has 6 heteroatoms. The van der Waals surface area contributed by atoms with Gasteiger partial charge in [-0.05, 0) is 31.4 Å². The Labute approximate surface area is 153 Å². The Morgan fingerprint density at radius 2 is 2.20 bits per heavy atom. The number of fused-ring (bicyclic) bond motifs is 1. The highest BCUT2D eigenvalue weighted by atomic mass is 35.5. The molecule has 3 atom stereocenters. The fraction of sp³-hybridized carbons (Fsp3) is 0.526. The molecule has 1 aromatic heterocycles. The smallest absolute Gasteiger partial charge is 0.140 e. The molecule has 0 radical (unpaired) electrons. The van der Waals surface area contributed by atoms with E-state index in [1.807, 2.05) is 25.3 Å². The zero-order chi connectivity index (χ0) is 17.4. The first-order chi connectivity index (χ1) is 12.2. The normalized spacial score (nSPS) is 26.8. The molecule has 3 heterocycles. The van der Waals surface area contributed by atoms with Crippen molar-refractivity contribution in [3.05, 3.63) is 41.2 Å². The zero-order valence-corrected chi connectivity index (χ0v) is 15.2. The van der Waals surface area contributed by atoms with E-state index >= 15 is 0 Å². The Kier molecular flexibility index (Phi) is 4.82. The second kappa shape index (κ2) is 7.08. The number of rotatable bonds is 4. The molecule has 0 saturated carbocycles. The predicted octanol–water partition coefficient (Wildman–Crippen LogP) is 2.91. The summed E-state index contributed by atoms with van der Waals surface area (Å²) in [5.74, 6) is 0.972. The third-order valence-corrected chi connectivity index (χ3v) is 5.82. The summed E-state index contributed by atoms with van der Waals surface area (Å²) in [6.07, 6.45) is 5.86. The average molecular weight is 362 g/mol. The van der Waals surface area contributed by atoms with Gasteiger partial charge in [-0.3, -0.25) is 4.90 Å². The second-order valence-corrected chi connectivity index (χ2v) is 7.49. The number of aliphatic hydroxyl groups excluding tert-OH is 1. The molecular weight excluding hydrogens is 338 g/mol. The summed E-state index contributed by atoms with van der Waals surface area (Å²) in [4.78, 5) is 7.09. The predicted molar refractivity (Wildman–Crippen MR) is 97.9 cm³/mol. The van der Waals surface area contributed by atoms with Crippen molar-refractivity contribution in [3.8, 4) is 11.4 Å². The Morgan fingerprint density at radius 1 is 1.32 bits per heavy atom. The number of morpholine rings is 1. The van der Waals surface area contributed by atoms with Gasteiger partial charge < -0.3 is 14.4 Å². The van der Waals surface area contributed by atoms with Crippen molar-refractivity contribution < 1.29 is 9.84 Å². The molecule has 2 aromatic rings. The molecule has 1 aromatic carbocycles. The monoisotopic (exact) mass is 361 g/mol. The first-order valence-electron chi connectivity index (χ1n) is 8.91. The summed E-state index contributed by atoms with van der Waals surface area (Å²) >= 11 is 6.31. The number of hydrogen-bond acceptors (Lipinski definition) is 4. The van der Waals surface area contributed by atoms with E-state index in [0.717, 1.165) is 48.1 Å². The molecule has 0 bridgehead atoms. The van der Waals surface area contributed by atoms with Gasteiger partial charge in [0.15, 0.2) is 0 Å². The number of benzene rings is 1. The molecule has 1 N–H and O–H groups in total. The quantitative estimate of drug-likeness (QED) is 0.909. The van der Waals surface area contributed by atoms with E-state index in [9.17, 15) is 0 Å². The number of nitrogens with zero attached hydrogens (tertiary/aromatic N) is 3. The highest BCUT2D eigenvalue weighted by molar-refractivity contribution is 6.31. The summed E-state index contributed by atoms with van der Waals surface area (Å²) in [5.41, 5.74) is 2.13. The largest absolute Gasteiger partial charge is 0.396 e. The first kappa shape index (κ1) is 17.0. The number of aliphatic hydroxyl groups is 1. The van der Waals surface area contributed by atoms with Crippen molar-refractivity contribution >= 4 is 11.6 Å². The van der Waals surface area contributed by atoms with Gasteiger partial charge >= 0.3 is 0 Å². The summed E-state index contributed by atoms with van der Waals surface area (Å²) < 4.78 is 8.18. The van der Waals surface area contributed by atoms with Crippen molar-refractivity contribution in [3.63, 3.8) is 0 Å². The van der Waals surface area contributed by atoms with Crippen LogP contribution in [0.5, 0.6) is 0 Å². The molecule has 2 fully saturated rings. The van der Waals surface area contributed by atoms with Crippen molar-refractivity contribution in [2.24, 2.45) is 0 Å². The summed E-state index contributed by atoms with van der Waals surface area (Å²) in [6.45, 7) is 4.85. The Morgan fingerprint density at radius 3 is 3.00 bits per heavy atom. The average Bonchev–Trinajstić information content (AvgIpc) is 3.23. The van der Waals surface area contributed by atoms with E-state index in [1.165, 1.54) is 0 Å². The number of aromatic nitrogens is 2. The van der Waals surface area contributed by atoms with Gasteiger partial charge in [0, 0.05) is 54.8 Å². The van der Waals surface area contributed by atoms with Crippen LogP contribution >= 0.6 is 11.6 Å². The number of imidazole rings is 1. The highest BCUT2D eigenvalue weighted by Gasteiger charge is 2.38. The minimum Gasteiger partial charge on any atom is -0.396 e. The van der Waals surface area contributed by atoms with E-state index in [0.29, 0.717) is 18.5 Å². The fourth-order valence-corrected chi connectivity index (χ4v) is 4.18. The SMILES string of the molecule is Cc1ccc(-c2nccn2[C@H]2C[C@H]3CO[C@@H](CCO)CN3C2)cc1Cl. The number of aryl methyl sites for hydroxylation is 1. The number of halogens is 1. The van der Waals surface area contributed by atoms with Gasteiger partial charge in [-0.15, -0.1) is 0 Å². The Hall–Kier alpha value is -1.40. The van der Waals surface area contributed by atoms with Gasteiger partial charge in [-0.2, -0.15) is 0 Å². The lowest BCUT2D eigenvalue weighted by atomic mass is 10.1. The second-order valence-electron chi connectivity index (χ2n) is 7.09. The van der Waals surface area contributed by atoms with Crippen LogP contribution in [0.4, 0.5) is 0 Å². The van der Waals surface area contributed by atoms with Crippen LogP contribution in [-0.4, -0.2) is 58.0 Å². The van der Waals surface area contributed by atoms with Crippen molar-refractivity contribution in [1.29, 1.82) is 0 Å². The van der Waals surface area contributed by atoms with Crippen LogP contribution in [0, 0.1) is 6.92 Å². The third kappa shape index (κ3) is 3.34. The molecule has 0 spiro atoms. The van der Waals surface area contributed by atoms with Gasteiger partial charge in [0.25, 0.3) is 0 Å². The van der Waals surface area contributed by atoms with Crippen molar-refractivity contribution in [1.82, 2.24) is 14.5 Å². The van der Waals surface area contributed by atoms with Crippen LogP contribution in [-0.2, 0) is 4.74 Å². The maximum Gasteiger partial charge on any atom is 0.140 e. The van der Waals surface area contributed by atoms with Gasteiger partial charge in [-0.25, -0.2) is 4.98 Å². The van der Waals surface area contributed by atoms with Crippen LogP contribution < -0.4 is 0 Å². The highest BCUT2D eigenvalue weighted by Crippen LogP contribution is 2.34. The molecule has 2 aliphatic heterocycles. The molecule has 0 unspecified atom stereocenters. The maximum atomic E-state index is 9.14. The number of ether oxygens (including phenoxy) is 1. The lowest BCUT2D eigenvalue weighted by Gasteiger charge is -2.34. The van der Waals surface area contributed by atoms with Crippen molar-refractivity contribution in [2.75, 3.05) is 26.3 Å². The van der Waals surface area contributed by atoms with Crippen LogP contribution in [0.3, 0.4) is 0 Å². The summed E-state index contributed by atoms with van der Waals surface area (Å²) in [6, 6.07) is 6.97. The number of hydrogen-bond donors (Lipinski definition) is 1. The van der Waals surface area contributed by atoms with Crippen LogP contribution in [0.15, 0.2) is 30.6 Å². The van der Waals surface area contributed by atoms with Gasteiger partial charge in [-0.1, -0.05) is 23.7 Å². The molecule has 134 valence electrons. The molecule has 5 nitrogen and oxygen atoms in total. The first-order valence-corrected chi connectivity index (χ1v) is 9.29. The van der Waals surface area contributed by atoms with Gasteiger partial charge in [0.2, 0.25) is 0 Å². The van der Waals surface area contributed by atoms with E-state index in [1.54, 1.807) is 0 Å². The van der Waals surface area contributed by atoms with Crippen LogP contribution in [0.2, 0.25) is 5.02 Å². The molecule has 25 heavy (non-hydrogen) atoms. The minimum absolute atomic E-state index is 0.151. The third-order valence-electron chi connectivity index (χ3n) is 5.41. The molecular formula is C19H24ClN3O2. The summed E-state index contributed by atoms with van der Waals surface area (Å²) in [5, 5.41) is 9.92. The molecule has 0 amide bonds.